The summed E-state index contributed by atoms with van der Waals surface area (Å²) < 4.78 is 5.06. The Hall–Kier alpha value is -2.98. The third-order valence-electron chi connectivity index (χ3n) is 4.79. The Labute approximate surface area is 183 Å². The molecule has 0 aliphatic rings. The Bertz CT molecular complexity index is 908. The number of benzene rings is 2. The van der Waals surface area contributed by atoms with Gasteiger partial charge in [0.05, 0.1) is 6.10 Å². The largest absolute Gasteiger partial charge is 0.391 e. The third kappa shape index (κ3) is 7.99. The molecule has 0 aliphatic carbocycles. The molecule has 0 bridgehead atoms. The number of hydrogen-bond acceptors (Lipinski definition) is 5. The molecule has 1 amide bonds. The summed E-state index contributed by atoms with van der Waals surface area (Å²) in [6.45, 7) is 1.41. The third-order valence-corrected chi connectivity index (χ3v) is 4.79. The van der Waals surface area contributed by atoms with E-state index in [-0.39, 0.29) is 0 Å². The SMILES string of the molecule is COCCCCc1ccc(C#Cc2ccc(C(=O)N[C@H](C(=O)CO)[C@@H](C)O)cc2)cc1. The number of nitrogens with one attached hydrogen (secondary N) is 1. The molecule has 2 atom stereocenters. The fraction of sp³-hybridized carbons (Fsp3) is 0.360. The first kappa shape index (κ1) is 24.3. The van der Waals surface area contributed by atoms with Crippen molar-refractivity contribution < 1.29 is 24.5 Å². The predicted molar refractivity (Wildman–Crippen MR) is 119 cm³/mol. The number of ketones is 1. The van der Waals surface area contributed by atoms with Crippen molar-refractivity contribution in [2.75, 3.05) is 20.3 Å². The van der Waals surface area contributed by atoms with Crippen LogP contribution in [0.25, 0.3) is 0 Å². The topological polar surface area (TPSA) is 95.9 Å². The summed E-state index contributed by atoms with van der Waals surface area (Å²) in [6, 6.07) is 13.6. The van der Waals surface area contributed by atoms with Crippen LogP contribution in [0.2, 0.25) is 0 Å². The zero-order valence-corrected chi connectivity index (χ0v) is 17.9. The van der Waals surface area contributed by atoms with Crippen LogP contribution in [0, 0.1) is 11.8 Å². The first-order valence-corrected chi connectivity index (χ1v) is 10.3. The van der Waals surface area contributed by atoms with Gasteiger partial charge in [-0.1, -0.05) is 24.0 Å². The van der Waals surface area contributed by atoms with Crippen molar-refractivity contribution in [2.45, 2.75) is 38.3 Å². The van der Waals surface area contributed by atoms with Gasteiger partial charge >= 0.3 is 0 Å². The molecule has 0 saturated carbocycles. The quantitative estimate of drug-likeness (QED) is 0.402. The molecule has 0 fully saturated rings. The van der Waals surface area contributed by atoms with E-state index in [0.717, 1.165) is 37.0 Å². The smallest absolute Gasteiger partial charge is 0.251 e. The van der Waals surface area contributed by atoms with Gasteiger partial charge in [0, 0.05) is 30.4 Å². The van der Waals surface area contributed by atoms with Gasteiger partial charge < -0.3 is 20.3 Å². The first-order chi connectivity index (χ1) is 14.9. The highest BCUT2D eigenvalue weighted by atomic mass is 16.5. The lowest BCUT2D eigenvalue weighted by Gasteiger charge is -2.19. The molecule has 2 rings (SSSR count). The molecule has 0 unspecified atom stereocenters. The zero-order chi connectivity index (χ0) is 22.6. The summed E-state index contributed by atoms with van der Waals surface area (Å²) in [5.74, 6) is 5.02. The van der Waals surface area contributed by atoms with E-state index >= 15 is 0 Å². The van der Waals surface area contributed by atoms with Gasteiger partial charge in [-0.25, -0.2) is 0 Å². The van der Waals surface area contributed by atoms with Gasteiger partial charge in [0.2, 0.25) is 0 Å². The molecule has 0 aromatic heterocycles. The Balaban J connectivity index is 1.96. The first-order valence-electron chi connectivity index (χ1n) is 10.3. The van der Waals surface area contributed by atoms with Crippen LogP contribution in [-0.2, 0) is 16.0 Å². The number of amides is 1. The van der Waals surface area contributed by atoms with E-state index in [1.165, 1.54) is 12.5 Å². The van der Waals surface area contributed by atoms with Crippen molar-refractivity contribution in [3.63, 3.8) is 0 Å². The fourth-order valence-electron chi connectivity index (χ4n) is 2.97. The average Bonchev–Trinajstić information content (AvgIpc) is 2.79. The molecule has 0 saturated heterocycles. The highest BCUT2D eigenvalue weighted by molar-refractivity contribution is 5.98. The molecular formula is C25H29NO5. The molecule has 3 N–H and O–H groups in total. The van der Waals surface area contributed by atoms with E-state index in [4.69, 9.17) is 9.84 Å². The second kappa shape index (κ2) is 12.7. The highest BCUT2D eigenvalue weighted by Gasteiger charge is 2.25. The molecule has 6 nitrogen and oxygen atoms in total. The normalized spacial score (nSPS) is 12.4. The number of aryl methyl sites for hydroxylation is 1. The number of Topliss-reactive ketones (excluding diaryl/α,β-unsaturated/α-hetero) is 1. The Morgan fingerprint density at radius 2 is 1.58 bits per heavy atom. The summed E-state index contributed by atoms with van der Waals surface area (Å²) >= 11 is 0. The van der Waals surface area contributed by atoms with Crippen molar-refractivity contribution >= 4 is 11.7 Å². The summed E-state index contributed by atoms with van der Waals surface area (Å²) in [4.78, 5) is 24.0. The molecule has 0 aliphatic heterocycles. The summed E-state index contributed by atoms with van der Waals surface area (Å²) in [5, 5.41) is 21.1. The minimum atomic E-state index is -1.15. The number of ether oxygens (including phenoxy) is 1. The molecule has 2 aromatic rings. The van der Waals surface area contributed by atoms with E-state index in [2.05, 4.69) is 29.3 Å². The van der Waals surface area contributed by atoms with E-state index < -0.39 is 30.4 Å². The van der Waals surface area contributed by atoms with E-state index in [1.807, 2.05) is 12.1 Å². The van der Waals surface area contributed by atoms with Gasteiger partial charge in [0.15, 0.2) is 5.78 Å². The summed E-state index contributed by atoms with van der Waals surface area (Å²) in [7, 11) is 1.71. The second-order valence-corrected chi connectivity index (χ2v) is 7.29. The van der Waals surface area contributed by atoms with Crippen molar-refractivity contribution in [1.29, 1.82) is 0 Å². The lowest BCUT2D eigenvalue weighted by molar-refractivity contribution is -0.125. The number of carbonyl (C=O) groups is 2. The zero-order valence-electron chi connectivity index (χ0n) is 17.9. The van der Waals surface area contributed by atoms with Crippen molar-refractivity contribution in [3.05, 3.63) is 70.8 Å². The Morgan fingerprint density at radius 3 is 2.10 bits per heavy atom. The van der Waals surface area contributed by atoms with Crippen LogP contribution in [0.1, 0.15) is 46.8 Å². The fourth-order valence-corrected chi connectivity index (χ4v) is 2.97. The number of aliphatic hydroxyl groups excluding tert-OH is 2. The predicted octanol–water partition coefficient (Wildman–Crippen LogP) is 2.10. The maximum absolute atomic E-state index is 12.3. The number of aliphatic hydroxyl groups is 2. The van der Waals surface area contributed by atoms with Gasteiger partial charge in [-0.3, -0.25) is 9.59 Å². The molecule has 0 heterocycles. The highest BCUT2D eigenvalue weighted by Crippen LogP contribution is 2.09. The van der Waals surface area contributed by atoms with Crippen LogP contribution < -0.4 is 5.32 Å². The van der Waals surface area contributed by atoms with Crippen LogP contribution in [0.15, 0.2) is 48.5 Å². The second-order valence-electron chi connectivity index (χ2n) is 7.29. The lowest BCUT2D eigenvalue weighted by Crippen LogP contribution is -2.48. The Morgan fingerprint density at radius 1 is 1.00 bits per heavy atom. The average molecular weight is 424 g/mol. The molecule has 0 spiro atoms. The van der Waals surface area contributed by atoms with Gasteiger partial charge in [0.1, 0.15) is 12.6 Å². The minimum absolute atomic E-state index is 0.333. The van der Waals surface area contributed by atoms with Gasteiger partial charge in [-0.2, -0.15) is 0 Å². The van der Waals surface area contributed by atoms with Crippen molar-refractivity contribution in [1.82, 2.24) is 5.32 Å². The molecule has 2 aromatic carbocycles. The van der Waals surface area contributed by atoms with Crippen LogP contribution in [0.5, 0.6) is 0 Å². The molecule has 31 heavy (non-hydrogen) atoms. The Kier molecular flexibility index (Phi) is 9.92. The standard InChI is InChI=1S/C25H29NO5/c1-18(28)24(23(29)17-27)26-25(30)22-14-12-21(13-15-22)11-10-20-8-6-19(7-9-20)5-3-4-16-31-2/h6-9,12-15,18,24,27-28H,3-5,16-17H2,1-2H3,(H,26,30)/t18-,24+/m1/s1. The lowest BCUT2D eigenvalue weighted by atomic mass is 10.1. The number of carbonyl (C=O) groups excluding carboxylic acids is 2. The van der Waals surface area contributed by atoms with E-state index in [9.17, 15) is 14.7 Å². The van der Waals surface area contributed by atoms with Crippen molar-refractivity contribution in [3.8, 4) is 11.8 Å². The molecule has 6 heteroatoms. The van der Waals surface area contributed by atoms with Crippen LogP contribution in [-0.4, -0.2) is 54.4 Å². The number of hydrogen-bond donors (Lipinski definition) is 3. The maximum atomic E-state index is 12.3. The number of methoxy groups -OCH3 is 1. The molecular weight excluding hydrogens is 394 g/mol. The summed E-state index contributed by atoms with van der Waals surface area (Å²) in [5.41, 5.74) is 3.26. The monoisotopic (exact) mass is 423 g/mol. The van der Waals surface area contributed by atoms with E-state index in [0.29, 0.717) is 5.56 Å². The van der Waals surface area contributed by atoms with Crippen LogP contribution >= 0.6 is 0 Å². The minimum Gasteiger partial charge on any atom is -0.391 e. The van der Waals surface area contributed by atoms with Crippen molar-refractivity contribution in [2.24, 2.45) is 0 Å². The van der Waals surface area contributed by atoms with Gasteiger partial charge in [-0.15, -0.1) is 0 Å². The number of unbranched alkanes of at least 4 members (excludes halogenated alkanes) is 1. The molecule has 164 valence electrons. The van der Waals surface area contributed by atoms with E-state index in [1.54, 1.807) is 31.4 Å². The summed E-state index contributed by atoms with van der Waals surface area (Å²) in [6.07, 6.45) is 2.04. The van der Waals surface area contributed by atoms with Gasteiger partial charge in [-0.05, 0) is 68.1 Å². The number of rotatable bonds is 10. The van der Waals surface area contributed by atoms with Crippen LogP contribution in [0.4, 0.5) is 0 Å². The molecule has 0 radical (unpaired) electrons. The van der Waals surface area contributed by atoms with Crippen LogP contribution in [0.3, 0.4) is 0 Å². The maximum Gasteiger partial charge on any atom is 0.251 e. The van der Waals surface area contributed by atoms with Gasteiger partial charge in [0.25, 0.3) is 5.91 Å².